The molecule has 0 saturated carbocycles. The first-order chi connectivity index (χ1) is 14.8. The molecule has 0 saturated heterocycles. The van der Waals surface area contributed by atoms with Crippen LogP contribution in [0.25, 0.3) is 22.3 Å². The molecule has 164 valence electrons. The second kappa shape index (κ2) is 9.38. The maximum atomic E-state index is 12.8. The number of fused-ring (bicyclic) bond motifs is 1. The Morgan fingerprint density at radius 2 is 1.84 bits per heavy atom. The number of benzene rings is 2. The van der Waals surface area contributed by atoms with E-state index < -0.39 is 6.03 Å². The summed E-state index contributed by atoms with van der Waals surface area (Å²) < 4.78 is 16.5. The molecule has 0 aliphatic heterocycles. The van der Waals surface area contributed by atoms with Crippen LogP contribution in [0, 0.1) is 13.8 Å². The molecule has 0 aliphatic carbocycles. The van der Waals surface area contributed by atoms with E-state index in [9.17, 15) is 9.59 Å². The summed E-state index contributed by atoms with van der Waals surface area (Å²) in [6, 6.07) is 6.62. The Bertz CT molecular complexity index is 1150. The largest absolute Gasteiger partial charge is 0.497 e. The molecule has 0 atom stereocenters. The third kappa shape index (κ3) is 4.88. The minimum absolute atomic E-state index is 0.294. The number of hydrogen-bond donors (Lipinski definition) is 3. The molecule has 4 N–H and O–H groups in total. The molecule has 31 heavy (non-hydrogen) atoms. The number of H-pyrrole nitrogens is 1. The van der Waals surface area contributed by atoms with Crippen LogP contribution in [0.2, 0.25) is 0 Å². The summed E-state index contributed by atoms with van der Waals surface area (Å²) in [6.07, 6.45) is 0.632. The van der Waals surface area contributed by atoms with E-state index in [0.29, 0.717) is 47.8 Å². The van der Waals surface area contributed by atoms with E-state index in [-0.39, 0.29) is 5.56 Å². The Morgan fingerprint density at radius 1 is 1.13 bits per heavy atom. The summed E-state index contributed by atoms with van der Waals surface area (Å²) in [5.41, 5.74) is 7.81. The normalized spacial score (nSPS) is 10.7. The Balaban J connectivity index is 1.92. The lowest BCUT2D eigenvalue weighted by atomic mass is 10.0. The molecule has 0 fully saturated rings. The maximum absolute atomic E-state index is 12.8. The van der Waals surface area contributed by atoms with Crippen molar-refractivity contribution in [2.24, 2.45) is 5.73 Å². The molecule has 0 unspecified atom stereocenters. The van der Waals surface area contributed by atoms with E-state index in [2.05, 4.69) is 15.3 Å². The van der Waals surface area contributed by atoms with Crippen molar-refractivity contribution < 1.29 is 19.0 Å². The molecule has 2 amide bonds. The van der Waals surface area contributed by atoms with Gasteiger partial charge in [-0.15, -0.1) is 0 Å². The number of ether oxygens (including phenoxy) is 3. The third-order valence-corrected chi connectivity index (χ3v) is 4.80. The average Bonchev–Trinajstić information content (AvgIpc) is 2.73. The maximum Gasteiger partial charge on any atom is 0.312 e. The van der Waals surface area contributed by atoms with Crippen molar-refractivity contribution in [1.29, 1.82) is 0 Å². The first kappa shape index (κ1) is 21.9. The Hall–Kier alpha value is -3.75. The Kier molecular flexibility index (Phi) is 6.64. The second-order valence-corrected chi connectivity index (χ2v) is 7.07. The number of nitrogens with one attached hydrogen (secondary N) is 2. The summed E-state index contributed by atoms with van der Waals surface area (Å²) in [5, 5.41) is 2.89. The zero-order valence-corrected chi connectivity index (χ0v) is 18.0. The highest BCUT2D eigenvalue weighted by molar-refractivity contribution is 5.87. The van der Waals surface area contributed by atoms with Crippen LogP contribution < -0.4 is 30.8 Å². The fourth-order valence-electron chi connectivity index (χ4n) is 3.40. The Morgan fingerprint density at radius 3 is 2.45 bits per heavy atom. The monoisotopic (exact) mass is 426 g/mol. The van der Waals surface area contributed by atoms with Gasteiger partial charge in [0.1, 0.15) is 28.5 Å². The average molecular weight is 426 g/mol. The van der Waals surface area contributed by atoms with Crippen molar-refractivity contribution in [3.63, 3.8) is 0 Å². The van der Waals surface area contributed by atoms with Crippen LogP contribution in [-0.4, -0.2) is 43.4 Å². The number of aromatic amines is 1. The molecule has 0 bridgehead atoms. The van der Waals surface area contributed by atoms with E-state index in [4.69, 9.17) is 19.9 Å². The highest BCUT2D eigenvalue weighted by Crippen LogP contribution is 2.31. The van der Waals surface area contributed by atoms with Crippen LogP contribution >= 0.6 is 0 Å². The highest BCUT2D eigenvalue weighted by Gasteiger charge is 2.15. The van der Waals surface area contributed by atoms with Gasteiger partial charge in [0.25, 0.3) is 5.56 Å². The van der Waals surface area contributed by atoms with Crippen molar-refractivity contribution in [1.82, 2.24) is 15.3 Å². The molecule has 1 heterocycles. The van der Waals surface area contributed by atoms with Crippen molar-refractivity contribution in [3.05, 3.63) is 45.7 Å². The summed E-state index contributed by atoms with van der Waals surface area (Å²) >= 11 is 0. The molecular formula is C22H26N4O5. The van der Waals surface area contributed by atoms with Crippen molar-refractivity contribution >= 4 is 16.9 Å². The second-order valence-electron chi connectivity index (χ2n) is 7.07. The van der Waals surface area contributed by atoms with E-state index in [1.54, 1.807) is 19.2 Å². The number of carbonyl (C=O) groups is 1. The molecule has 3 rings (SSSR count). The standard InChI is InChI=1S/C22H26N4O5/c1-12-8-14(9-13(2)19(12)31-7-5-6-24-22(23)28)20-25-16-10-15(29-3)11-17(30-4)18(16)21(27)26-20/h8-11H,5-7H2,1-4H3,(H3,23,24,28)(H,25,26,27). The smallest absolute Gasteiger partial charge is 0.312 e. The molecule has 0 aliphatic rings. The Labute approximate surface area is 179 Å². The van der Waals surface area contributed by atoms with E-state index in [1.165, 1.54) is 7.11 Å². The molecule has 3 aromatic rings. The number of hydrogen-bond acceptors (Lipinski definition) is 6. The fourth-order valence-corrected chi connectivity index (χ4v) is 3.40. The molecule has 0 radical (unpaired) electrons. The van der Waals surface area contributed by atoms with Crippen LogP contribution in [0.4, 0.5) is 4.79 Å². The molecule has 9 nitrogen and oxygen atoms in total. The molecule has 1 aromatic heterocycles. The van der Waals surface area contributed by atoms with E-state index >= 15 is 0 Å². The van der Waals surface area contributed by atoms with Gasteiger partial charge in [-0.3, -0.25) is 4.79 Å². The lowest BCUT2D eigenvalue weighted by Gasteiger charge is -2.14. The molecular weight excluding hydrogens is 400 g/mol. The quantitative estimate of drug-likeness (QED) is 0.475. The van der Waals surface area contributed by atoms with Crippen molar-refractivity contribution in [2.75, 3.05) is 27.4 Å². The van der Waals surface area contributed by atoms with Gasteiger partial charge in [-0.1, -0.05) is 0 Å². The number of rotatable bonds is 8. The minimum Gasteiger partial charge on any atom is -0.497 e. The number of aromatic nitrogens is 2. The van der Waals surface area contributed by atoms with Gasteiger partial charge in [0.15, 0.2) is 0 Å². The number of carbonyl (C=O) groups excluding carboxylic acids is 1. The van der Waals surface area contributed by atoms with Gasteiger partial charge in [-0.2, -0.15) is 0 Å². The fraction of sp³-hybridized carbons (Fsp3) is 0.318. The van der Waals surface area contributed by atoms with Crippen molar-refractivity contribution in [2.45, 2.75) is 20.3 Å². The summed E-state index contributed by atoms with van der Waals surface area (Å²) in [5.74, 6) is 2.15. The van der Waals surface area contributed by atoms with Crippen LogP contribution in [0.3, 0.4) is 0 Å². The highest BCUT2D eigenvalue weighted by atomic mass is 16.5. The first-order valence-corrected chi connectivity index (χ1v) is 9.77. The predicted octanol–water partition coefficient (Wildman–Crippen LogP) is 2.66. The molecule has 9 heteroatoms. The van der Waals surface area contributed by atoms with Crippen LogP contribution in [0.15, 0.2) is 29.1 Å². The zero-order chi connectivity index (χ0) is 22.5. The van der Waals surface area contributed by atoms with E-state index in [1.807, 2.05) is 26.0 Å². The van der Waals surface area contributed by atoms with Crippen LogP contribution in [0.5, 0.6) is 17.2 Å². The third-order valence-electron chi connectivity index (χ3n) is 4.80. The topological polar surface area (TPSA) is 129 Å². The minimum atomic E-state index is -0.552. The number of amides is 2. The van der Waals surface area contributed by atoms with Gasteiger partial charge in [0, 0.05) is 24.2 Å². The number of methoxy groups -OCH3 is 2. The SMILES string of the molecule is COc1cc(OC)c2c(=O)[nH]c(-c3cc(C)c(OCCCNC(N)=O)c(C)c3)nc2c1. The van der Waals surface area contributed by atoms with E-state index in [0.717, 1.165) is 22.4 Å². The summed E-state index contributed by atoms with van der Waals surface area (Å²) in [4.78, 5) is 30.9. The summed E-state index contributed by atoms with van der Waals surface area (Å²) in [6.45, 7) is 4.74. The van der Waals surface area contributed by atoms with Crippen LogP contribution in [-0.2, 0) is 0 Å². The van der Waals surface area contributed by atoms with Gasteiger partial charge < -0.3 is 30.2 Å². The molecule has 2 aromatic carbocycles. The zero-order valence-electron chi connectivity index (χ0n) is 18.0. The van der Waals surface area contributed by atoms with Gasteiger partial charge in [0.05, 0.1) is 26.3 Å². The summed E-state index contributed by atoms with van der Waals surface area (Å²) in [7, 11) is 3.04. The predicted molar refractivity (Wildman–Crippen MR) is 118 cm³/mol. The molecule has 0 spiro atoms. The number of nitrogens with two attached hydrogens (primary N) is 1. The first-order valence-electron chi connectivity index (χ1n) is 9.77. The van der Waals surface area contributed by atoms with Gasteiger partial charge in [-0.05, 0) is 43.5 Å². The van der Waals surface area contributed by atoms with Gasteiger partial charge in [0.2, 0.25) is 0 Å². The number of primary amides is 1. The lowest BCUT2D eigenvalue weighted by molar-refractivity contribution is 0.247. The number of urea groups is 1. The van der Waals surface area contributed by atoms with Gasteiger partial charge in [-0.25, -0.2) is 9.78 Å². The van der Waals surface area contributed by atoms with Crippen LogP contribution in [0.1, 0.15) is 17.5 Å². The van der Waals surface area contributed by atoms with Gasteiger partial charge >= 0.3 is 6.03 Å². The number of nitrogens with zero attached hydrogens (tertiary/aromatic N) is 1. The van der Waals surface area contributed by atoms with Crippen molar-refractivity contribution in [3.8, 4) is 28.6 Å². The number of aryl methyl sites for hydroxylation is 2. The lowest BCUT2D eigenvalue weighted by Crippen LogP contribution is -2.30.